The fraction of sp³-hybridized carbons (Fsp3) is 0.333. The average molecular weight is 313 g/mol. The second-order valence-electron chi connectivity index (χ2n) is 5.59. The van der Waals surface area contributed by atoms with E-state index >= 15 is 0 Å². The third kappa shape index (κ3) is 4.29. The molecule has 0 aliphatic heterocycles. The zero-order chi connectivity index (χ0) is 16.8. The van der Waals surface area contributed by atoms with E-state index in [1.807, 2.05) is 25.1 Å². The second kappa shape index (κ2) is 7.74. The molecule has 0 saturated carbocycles. The zero-order valence-corrected chi connectivity index (χ0v) is 13.8. The number of hydrogen-bond donors (Lipinski definition) is 2. The van der Waals surface area contributed by atoms with E-state index in [0.29, 0.717) is 0 Å². The number of fused-ring (bicyclic) bond motifs is 1. The highest BCUT2D eigenvalue weighted by Crippen LogP contribution is 2.23. The van der Waals surface area contributed by atoms with Gasteiger partial charge in [-0.3, -0.25) is 9.59 Å². The Kier molecular flexibility index (Phi) is 5.71. The maximum absolute atomic E-state index is 12.1. The third-order valence-electron chi connectivity index (χ3n) is 3.93. The predicted molar refractivity (Wildman–Crippen MR) is 92.1 cm³/mol. The molecule has 2 amide bonds. The fourth-order valence-corrected chi connectivity index (χ4v) is 2.50. The summed E-state index contributed by atoms with van der Waals surface area (Å²) in [5.74, 6) is -0.288. The van der Waals surface area contributed by atoms with Crippen LogP contribution < -0.4 is 10.6 Å². The summed E-state index contributed by atoms with van der Waals surface area (Å²) in [6, 6.07) is 14.4. The van der Waals surface area contributed by atoms with Gasteiger partial charge in [-0.2, -0.15) is 0 Å². The molecule has 0 bridgehead atoms. The van der Waals surface area contributed by atoms with Crippen molar-refractivity contribution in [3.8, 4) is 0 Å². The first-order valence-corrected chi connectivity index (χ1v) is 7.68. The Morgan fingerprint density at radius 1 is 1.13 bits per heavy atom. The van der Waals surface area contributed by atoms with Crippen LogP contribution in [0.15, 0.2) is 42.5 Å². The van der Waals surface area contributed by atoms with Crippen LogP contribution in [-0.4, -0.2) is 43.9 Å². The highest BCUT2D eigenvalue weighted by molar-refractivity contribution is 5.87. The van der Waals surface area contributed by atoms with E-state index in [-0.39, 0.29) is 30.9 Å². The van der Waals surface area contributed by atoms with Crippen LogP contribution in [0.2, 0.25) is 0 Å². The van der Waals surface area contributed by atoms with Crippen molar-refractivity contribution in [3.63, 3.8) is 0 Å². The van der Waals surface area contributed by atoms with Gasteiger partial charge in [-0.15, -0.1) is 0 Å². The van der Waals surface area contributed by atoms with E-state index in [1.54, 1.807) is 14.1 Å². The Morgan fingerprint density at radius 3 is 2.57 bits per heavy atom. The smallest absolute Gasteiger partial charge is 0.239 e. The number of likely N-dealkylation sites (N-methyl/N-ethyl adjacent to an activating group) is 2. The topological polar surface area (TPSA) is 61.4 Å². The number of benzene rings is 2. The first-order chi connectivity index (χ1) is 11.0. The summed E-state index contributed by atoms with van der Waals surface area (Å²) in [5.41, 5.74) is 1.16. The lowest BCUT2D eigenvalue weighted by molar-refractivity contribution is -0.133. The van der Waals surface area contributed by atoms with Gasteiger partial charge in [0, 0.05) is 20.1 Å². The van der Waals surface area contributed by atoms with Crippen LogP contribution in [0.5, 0.6) is 0 Å². The molecule has 2 aromatic rings. The maximum atomic E-state index is 12.1. The van der Waals surface area contributed by atoms with Gasteiger partial charge in [0.05, 0.1) is 13.1 Å². The molecule has 0 aliphatic carbocycles. The first kappa shape index (κ1) is 17.0. The Hall–Kier alpha value is -2.40. The van der Waals surface area contributed by atoms with Crippen LogP contribution in [0, 0.1) is 0 Å². The molecule has 1 atom stereocenters. The molecule has 5 nitrogen and oxygen atoms in total. The van der Waals surface area contributed by atoms with Crippen molar-refractivity contribution in [1.82, 2.24) is 15.5 Å². The van der Waals surface area contributed by atoms with Crippen molar-refractivity contribution in [3.05, 3.63) is 48.0 Å². The van der Waals surface area contributed by atoms with Crippen molar-refractivity contribution < 1.29 is 9.59 Å². The summed E-state index contributed by atoms with van der Waals surface area (Å²) in [6.45, 7) is 2.30. The van der Waals surface area contributed by atoms with Crippen LogP contribution in [-0.2, 0) is 9.59 Å². The molecule has 122 valence electrons. The van der Waals surface area contributed by atoms with Crippen molar-refractivity contribution in [2.24, 2.45) is 0 Å². The number of nitrogens with zero attached hydrogens (tertiary/aromatic N) is 1. The zero-order valence-electron chi connectivity index (χ0n) is 13.8. The van der Waals surface area contributed by atoms with Crippen LogP contribution in [0.1, 0.15) is 18.5 Å². The number of carbonyl (C=O) groups excluding carboxylic acids is 2. The van der Waals surface area contributed by atoms with E-state index in [0.717, 1.165) is 5.56 Å². The summed E-state index contributed by atoms with van der Waals surface area (Å²) in [7, 11) is 3.18. The summed E-state index contributed by atoms with van der Waals surface area (Å²) < 4.78 is 0. The quantitative estimate of drug-likeness (QED) is 0.853. The van der Waals surface area contributed by atoms with Gasteiger partial charge in [-0.25, -0.2) is 0 Å². The minimum absolute atomic E-state index is 0.0402. The maximum Gasteiger partial charge on any atom is 0.239 e. The number of hydrogen-bond acceptors (Lipinski definition) is 3. The molecule has 23 heavy (non-hydrogen) atoms. The molecule has 0 heterocycles. The summed E-state index contributed by atoms with van der Waals surface area (Å²) in [6.07, 6.45) is 0. The lowest BCUT2D eigenvalue weighted by Crippen LogP contribution is -2.41. The number of nitrogens with one attached hydrogen (secondary N) is 2. The van der Waals surface area contributed by atoms with Gasteiger partial charge in [0.2, 0.25) is 11.8 Å². The van der Waals surface area contributed by atoms with E-state index in [4.69, 9.17) is 0 Å². The molecule has 0 unspecified atom stereocenters. The molecule has 0 spiro atoms. The van der Waals surface area contributed by atoms with Crippen LogP contribution in [0.4, 0.5) is 0 Å². The first-order valence-electron chi connectivity index (χ1n) is 7.68. The number of rotatable bonds is 6. The highest BCUT2D eigenvalue weighted by atomic mass is 16.2. The summed E-state index contributed by atoms with van der Waals surface area (Å²) in [5, 5.41) is 8.11. The number of amides is 2. The summed E-state index contributed by atoms with van der Waals surface area (Å²) >= 11 is 0. The molecule has 0 aliphatic rings. The summed E-state index contributed by atoms with van der Waals surface area (Å²) in [4.78, 5) is 24.8. The van der Waals surface area contributed by atoms with Crippen LogP contribution >= 0.6 is 0 Å². The highest BCUT2D eigenvalue weighted by Gasteiger charge is 2.14. The number of carbonyl (C=O) groups is 2. The van der Waals surface area contributed by atoms with Gasteiger partial charge in [0.25, 0.3) is 0 Å². The van der Waals surface area contributed by atoms with E-state index < -0.39 is 0 Å². The molecule has 0 radical (unpaired) electrons. The van der Waals surface area contributed by atoms with Crippen molar-refractivity contribution in [1.29, 1.82) is 0 Å². The van der Waals surface area contributed by atoms with Crippen molar-refractivity contribution in [2.75, 3.05) is 27.2 Å². The Bertz CT molecular complexity index is 694. The van der Waals surface area contributed by atoms with Gasteiger partial charge < -0.3 is 15.5 Å². The molecular formula is C18H23N3O2. The Labute approximate surface area is 136 Å². The molecule has 0 saturated heterocycles. The van der Waals surface area contributed by atoms with Crippen molar-refractivity contribution >= 4 is 22.6 Å². The molecule has 0 fully saturated rings. The third-order valence-corrected chi connectivity index (χ3v) is 3.93. The molecule has 2 aromatic carbocycles. The normalized spacial score (nSPS) is 12.0. The van der Waals surface area contributed by atoms with Gasteiger partial charge in [0.1, 0.15) is 0 Å². The van der Waals surface area contributed by atoms with E-state index in [1.165, 1.54) is 15.7 Å². The fourth-order valence-electron chi connectivity index (χ4n) is 2.50. The van der Waals surface area contributed by atoms with Gasteiger partial charge in [-0.05, 0) is 23.3 Å². The Balaban J connectivity index is 2.00. The average Bonchev–Trinajstić information content (AvgIpc) is 2.58. The predicted octanol–water partition coefficient (Wildman–Crippen LogP) is 1.69. The van der Waals surface area contributed by atoms with Crippen LogP contribution in [0.25, 0.3) is 10.8 Å². The molecule has 2 rings (SSSR count). The SMILES string of the molecule is CNC(=O)CN(C)C(=O)CN[C@H](C)c1cccc2ccccc12. The van der Waals surface area contributed by atoms with E-state index in [9.17, 15) is 9.59 Å². The van der Waals surface area contributed by atoms with Crippen molar-refractivity contribution in [2.45, 2.75) is 13.0 Å². The molecule has 0 aromatic heterocycles. The van der Waals surface area contributed by atoms with Gasteiger partial charge >= 0.3 is 0 Å². The largest absolute Gasteiger partial charge is 0.358 e. The lowest BCUT2D eigenvalue weighted by atomic mass is 10.00. The molecule has 5 heteroatoms. The van der Waals surface area contributed by atoms with Gasteiger partial charge in [-0.1, -0.05) is 42.5 Å². The minimum Gasteiger partial charge on any atom is -0.358 e. The van der Waals surface area contributed by atoms with Crippen LogP contribution in [0.3, 0.4) is 0 Å². The monoisotopic (exact) mass is 313 g/mol. The Morgan fingerprint density at radius 2 is 1.83 bits per heavy atom. The lowest BCUT2D eigenvalue weighted by Gasteiger charge is -2.20. The molecule has 2 N–H and O–H groups in total. The minimum atomic E-state index is -0.178. The van der Waals surface area contributed by atoms with Gasteiger partial charge in [0.15, 0.2) is 0 Å². The molecular weight excluding hydrogens is 290 g/mol. The second-order valence-corrected chi connectivity index (χ2v) is 5.59. The standard InChI is InChI=1S/C18H23N3O2/c1-13(20-11-18(23)21(3)12-17(22)19-2)15-10-6-8-14-7-4-5-9-16(14)15/h4-10,13,20H,11-12H2,1-3H3,(H,19,22)/t13-/m1/s1. The van der Waals surface area contributed by atoms with E-state index in [2.05, 4.69) is 34.9 Å².